The van der Waals surface area contributed by atoms with Gasteiger partial charge in [0, 0.05) is 19.6 Å². The number of ether oxygens (including phenoxy) is 1. The molecule has 0 aliphatic carbocycles. The van der Waals surface area contributed by atoms with Gasteiger partial charge in [-0.1, -0.05) is 19.1 Å². The van der Waals surface area contributed by atoms with Crippen LogP contribution in [0.25, 0.3) is 0 Å². The summed E-state index contributed by atoms with van der Waals surface area (Å²) < 4.78 is 5.69. The molecule has 1 aromatic carbocycles. The van der Waals surface area contributed by atoms with Gasteiger partial charge in [0.1, 0.15) is 5.75 Å². The predicted molar refractivity (Wildman–Crippen MR) is 73.0 cm³/mol. The van der Waals surface area contributed by atoms with E-state index in [2.05, 4.69) is 24.0 Å². The minimum Gasteiger partial charge on any atom is -0.494 e. The standard InChI is InChI=1S/C15H23NO2/c1-3-15(17)11-16(12-15)8-5-9-18-14-7-4-6-13(2)10-14/h4,6-7,10,17H,3,5,8-9,11-12H2,1-2H3. The van der Waals surface area contributed by atoms with Crippen molar-refractivity contribution in [3.63, 3.8) is 0 Å². The van der Waals surface area contributed by atoms with E-state index in [-0.39, 0.29) is 0 Å². The number of benzene rings is 1. The van der Waals surface area contributed by atoms with Crippen molar-refractivity contribution in [3.8, 4) is 5.75 Å². The van der Waals surface area contributed by atoms with Crippen LogP contribution in [0.2, 0.25) is 0 Å². The Kier molecular flexibility index (Phi) is 4.25. The van der Waals surface area contributed by atoms with Gasteiger partial charge in [-0.25, -0.2) is 0 Å². The highest BCUT2D eigenvalue weighted by Crippen LogP contribution is 2.23. The first-order valence-corrected chi connectivity index (χ1v) is 6.75. The summed E-state index contributed by atoms with van der Waals surface area (Å²) in [6.07, 6.45) is 1.86. The van der Waals surface area contributed by atoms with Crippen molar-refractivity contribution in [1.29, 1.82) is 0 Å². The van der Waals surface area contributed by atoms with Crippen molar-refractivity contribution >= 4 is 0 Å². The molecule has 1 saturated heterocycles. The van der Waals surface area contributed by atoms with Gasteiger partial charge in [-0.3, -0.25) is 4.90 Å². The third-order valence-corrected chi connectivity index (χ3v) is 3.57. The van der Waals surface area contributed by atoms with E-state index in [0.29, 0.717) is 0 Å². The van der Waals surface area contributed by atoms with Gasteiger partial charge in [-0.05, 0) is 37.5 Å². The molecule has 2 rings (SSSR count). The lowest BCUT2D eigenvalue weighted by Crippen LogP contribution is -2.61. The first-order chi connectivity index (χ1) is 8.61. The van der Waals surface area contributed by atoms with Crippen molar-refractivity contribution < 1.29 is 9.84 Å². The lowest BCUT2D eigenvalue weighted by molar-refractivity contribution is -0.1000. The molecule has 0 spiro atoms. The fraction of sp³-hybridized carbons (Fsp3) is 0.600. The lowest BCUT2D eigenvalue weighted by Gasteiger charge is -2.46. The van der Waals surface area contributed by atoms with E-state index in [1.165, 1.54) is 5.56 Å². The van der Waals surface area contributed by atoms with Crippen LogP contribution < -0.4 is 4.74 Å². The van der Waals surface area contributed by atoms with E-state index < -0.39 is 5.60 Å². The third-order valence-electron chi connectivity index (χ3n) is 3.57. The molecule has 0 aromatic heterocycles. The van der Waals surface area contributed by atoms with Crippen LogP contribution in [-0.4, -0.2) is 41.8 Å². The minimum absolute atomic E-state index is 0.419. The number of hydrogen-bond acceptors (Lipinski definition) is 3. The summed E-state index contributed by atoms with van der Waals surface area (Å²) in [6, 6.07) is 8.13. The summed E-state index contributed by atoms with van der Waals surface area (Å²) in [7, 11) is 0. The molecule has 0 bridgehead atoms. The van der Waals surface area contributed by atoms with Crippen LogP contribution in [0.4, 0.5) is 0 Å². The maximum Gasteiger partial charge on any atom is 0.119 e. The molecular weight excluding hydrogens is 226 g/mol. The maximum atomic E-state index is 9.88. The molecule has 1 aliphatic heterocycles. The zero-order valence-electron chi connectivity index (χ0n) is 11.4. The summed E-state index contributed by atoms with van der Waals surface area (Å²) in [4.78, 5) is 2.28. The molecule has 1 aromatic rings. The van der Waals surface area contributed by atoms with Gasteiger partial charge >= 0.3 is 0 Å². The van der Waals surface area contributed by atoms with E-state index in [0.717, 1.165) is 44.8 Å². The van der Waals surface area contributed by atoms with Gasteiger partial charge in [0.2, 0.25) is 0 Å². The molecule has 18 heavy (non-hydrogen) atoms. The Labute approximate surface area is 109 Å². The highest BCUT2D eigenvalue weighted by Gasteiger charge is 2.38. The largest absolute Gasteiger partial charge is 0.494 e. The lowest BCUT2D eigenvalue weighted by atomic mass is 9.91. The molecule has 100 valence electrons. The average Bonchev–Trinajstić information content (AvgIpc) is 2.32. The molecule has 1 aliphatic rings. The first kappa shape index (κ1) is 13.4. The van der Waals surface area contributed by atoms with Crippen molar-refractivity contribution in [2.75, 3.05) is 26.2 Å². The van der Waals surface area contributed by atoms with Crippen LogP contribution in [0.3, 0.4) is 0 Å². The Hall–Kier alpha value is -1.06. The van der Waals surface area contributed by atoms with Crippen LogP contribution in [0.5, 0.6) is 5.75 Å². The van der Waals surface area contributed by atoms with Gasteiger partial charge in [0.15, 0.2) is 0 Å². The molecule has 0 atom stereocenters. The van der Waals surface area contributed by atoms with Crippen molar-refractivity contribution in [2.24, 2.45) is 0 Å². The van der Waals surface area contributed by atoms with Gasteiger partial charge in [-0.2, -0.15) is 0 Å². The Morgan fingerprint density at radius 2 is 2.17 bits per heavy atom. The van der Waals surface area contributed by atoms with Crippen LogP contribution in [-0.2, 0) is 0 Å². The molecule has 1 heterocycles. The van der Waals surface area contributed by atoms with E-state index in [4.69, 9.17) is 4.74 Å². The Bertz CT molecular complexity index is 386. The highest BCUT2D eigenvalue weighted by atomic mass is 16.5. The number of hydrogen-bond donors (Lipinski definition) is 1. The Balaban J connectivity index is 1.60. The molecule has 0 radical (unpaired) electrons. The molecule has 3 nitrogen and oxygen atoms in total. The molecule has 1 N–H and O–H groups in total. The van der Waals surface area contributed by atoms with Crippen LogP contribution >= 0.6 is 0 Å². The Morgan fingerprint density at radius 1 is 1.39 bits per heavy atom. The highest BCUT2D eigenvalue weighted by molar-refractivity contribution is 5.27. The summed E-state index contributed by atoms with van der Waals surface area (Å²) in [5.74, 6) is 0.948. The zero-order valence-corrected chi connectivity index (χ0v) is 11.4. The summed E-state index contributed by atoms with van der Waals surface area (Å²) in [6.45, 7) is 7.48. The van der Waals surface area contributed by atoms with Gasteiger partial charge in [0.05, 0.1) is 12.2 Å². The van der Waals surface area contributed by atoms with Gasteiger partial charge in [0.25, 0.3) is 0 Å². The van der Waals surface area contributed by atoms with Crippen LogP contribution in [0.1, 0.15) is 25.3 Å². The van der Waals surface area contributed by atoms with Crippen molar-refractivity contribution in [2.45, 2.75) is 32.3 Å². The summed E-state index contributed by atoms with van der Waals surface area (Å²) in [5.41, 5.74) is 0.806. The molecule has 0 unspecified atom stereocenters. The molecule has 1 fully saturated rings. The summed E-state index contributed by atoms with van der Waals surface area (Å²) >= 11 is 0. The topological polar surface area (TPSA) is 32.7 Å². The fourth-order valence-electron chi connectivity index (χ4n) is 2.35. The van der Waals surface area contributed by atoms with Gasteiger partial charge < -0.3 is 9.84 Å². The first-order valence-electron chi connectivity index (χ1n) is 6.75. The fourth-order valence-corrected chi connectivity index (χ4v) is 2.35. The minimum atomic E-state index is -0.419. The van der Waals surface area contributed by atoms with E-state index in [1.54, 1.807) is 0 Å². The van der Waals surface area contributed by atoms with Gasteiger partial charge in [-0.15, -0.1) is 0 Å². The van der Waals surface area contributed by atoms with E-state index in [9.17, 15) is 5.11 Å². The monoisotopic (exact) mass is 249 g/mol. The van der Waals surface area contributed by atoms with E-state index in [1.807, 2.05) is 19.1 Å². The van der Waals surface area contributed by atoms with Crippen molar-refractivity contribution in [1.82, 2.24) is 4.90 Å². The average molecular weight is 249 g/mol. The summed E-state index contributed by atoms with van der Waals surface area (Å²) in [5, 5.41) is 9.88. The number of nitrogens with zero attached hydrogens (tertiary/aromatic N) is 1. The maximum absolute atomic E-state index is 9.88. The quantitative estimate of drug-likeness (QED) is 0.785. The number of likely N-dealkylation sites (tertiary alicyclic amines) is 1. The SMILES string of the molecule is CCC1(O)CN(CCCOc2cccc(C)c2)C1. The van der Waals surface area contributed by atoms with Crippen molar-refractivity contribution in [3.05, 3.63) is 29.8 Å². The second-order valence-corrected chi connectivity index (χ2v) is 5.31. The molecule has 0 saturated carbocycles. The molecule has 0 amide bonds. The normalized spacial score (nSPS) is 18.4. The number of aryl methyl sites for hydroxylation is 1. The third kappa shape index (κ3) is 3.47. The number of β-amino-alcohol motifs (C(OH)–C–C–N with tert-alkyl or cyclic N) is 1. The number of rotatable bonds is 6. The number of aliphatic hydroxyl groups is 1. The second-order valence-electron chi connectivity index (χ2n) is 5.31. The van der Waals surface area contributed by atoms with E-state index >= 15 is 0 Å². The smallest absolute Gasteiger partial charge is 0.119 e. The predicted octanol–water partition coefficient (Wildman–Crippen LogP) is 2.22. The second kappa shape index (κ2) is 5.72. The molecule has 3 heteroatoms. The van der Waals surface area contributed by atoms with Crippen LogP contribution in [0.15, 0.2) is 24.3 Å². The van der Waals surface area contributed by atoms with Crippen LogP contribution in [0, 0.1) is 6.92 Å². The molecular formula is C15H23NO2. The zero-order chi connectivity index (χ0) is 13.0. The Morgan fingerprint density at radius 3 is 2.83 bits per heavy atom.